The number of piperazine rings is 1. The molecule has 0 aromatic heterocycles. The fraction of sp³-hybridized carbons (Fsp3) is 0.688. The van der Waals surface area contributed by atoms with Crippen LogP contribution in [0.5, 0.6) is 0 Å². The summed E-state index contributed by atoms with van der Waals surface area (Å²) < 4.78 is 21.6. The monoisotopic (exact) mass is 579 g/mol. The summed E-state index contributed by atoms with van der Waals surface area (Å²) in [5.41, 5.74) is 1.85. The number of rotatable bonds is 6. The zero-order valence-corrected chi connectivity index (χ0v) is 25.1. The number of benzene rings is 1. The molecule has 1 amide bonds. The summed E-state index contributed by atoms with van der Waals surface area (Å²) in [4.78, 5) is 21.4. The normalized spacial score (nSPS) is 35.5. The molecule has 5 aliphatic rings. The van der Waals surface area contributed by atoms with Gasteiger partial charge in [-0.2, -0.15) is 5.26 Å². The minimum absolute atomic E-state index is 0.00532. The Balaban J connectivity index is 1.23. The standard InChI is InChI=1S/C32H46FN7O2/c1-4-29(41)40-16-15-39(19-22(40)11-13-34)30-24-10-12-32(17-25-26(33)8-5-9-28(25)38(3)21-32)18-27(24)35-31(36-30)42-20-23-7-6-14-37(23)2/h4-5,8-9,22-24,27,30-31,35-36H,1,6-7,10-12,14-21H2,2-3H3/t22-,23-,24?,27?,30?,31?,32-/m1/s1. The van der Waals surface area contributed by atoms with Gasteiger partial charge in [-0.1, -0.05) is 12.6 Å². The highest BCUT2D eigenvalue weighted by Crippen LogP contribution is 2.49. The molecule has 6 rings (SSSR count). The second kappa shape index (κ2) is 12.2. The Morgan fingerprint density at radius 1 is 1.24 bits per heavy atom. The van der Waals surface area contributed by atoms with Crippen LogP contribution in [0.1, 0.15) is 44.1 Å². The number of hydrogen-bond donors (Lipinski definition) is 2. The quantitative estimate of drug-likeness (QED) is 0.498. The van der Waals surface area contributed by atoms with Crippen LogP contribution < -0.4 is 15.5 Å². The second-order valence-electron chi connectivity index (χ2n) is 13.3. The van der Waals surface area contributed by atoms with Crippen LogP contribution in [0, 0.1) is 28.5 Å². The van der Waals surface area contributed by atoms with Gasteiger partial charge in [0.05, 0.1) is 31.3 Å². The van der Waals surface area contributed by atoms with Crippen LogP contribution in [0.3, 0.4) is 0 Å². The van der Waals surface area contributed by atoms with E-state index in [9.17, 15) is 10.1 Å². The maximum absolute atomic E-state index is 15.0. The van der Waals surface area contributed by atoms with E-state index in [1.165, 1.54) is 12.5 Å². The first-order valence-electron chi connectivity index (χ1n) is 15.7. The number of likely N-dealkylation sites (tertiary alicyclic amines) is 1. The number of likely N-dealkylation sites (N-methyl/N-ethyl adjacent to an activating group) is 1. The Kier molecular flexibility index (Phi) is 8.58. The number of amides is 1. The lowest BCUT2D eigenvalue weighted by atomic mass is 9.62. The van der Waals surface area contributed by atoms with Crippen molar-refractivity contribution < 1.29 is 13.9 Å². The fourth-order valence-corrected chi connectivity index (χ4v) is 8.57. The molecule has 4 aliphatic heterocycles. The fourth-order valence-electron chi connectivity index (χ4n) is 8.57. The first kappa shape index (κ1) is 29.5. The molecule has 0 radical (unpaired) electrons. The molecule has 4 fully saturated rings. The molecule has 1 saturated carbocycles. The zero-order valence-electron chi connectivity index (χ0n) is 25.1. The molecule has 7 atom stereocenters. The summed E-state index contributed by atoms with van der Waals surface area (Å²) in [6, 6.07) is 8.19. The Bertz CT molecular complexity index is 1210. The van der Waals surface area contributed by atoms with Crippen LogP contribution in [0.25, 0.3) is 0 Å². The molecule has 0 bridgehead atoms. The molecule has 4 unspecified atom stereocenters. The minimum atomic E-state index is -0.298. The van der Waals surface area contributed by atoms with Gasteiger partial charge in [-0.3, -0.25) is 20.3 Å². The SMILES string of the molecule is C=CC(=O)N1CCN(C2NC(OC[C@H]3CCCN3C)NC3C[C@@]4(CCC32)Cc2c(F)cccc2N(C)C4)C[C@H]1CC#N. The Morgan fingerprint density at radius 2 is 2.10 bits per heavy atom. The van der Waals surface area contributed by atoms with Crippen molar-refractivity contribution in [3.05, 3.63) is 42.2 Å². The molecule has 10 heteroatoms. The van der Waals surface area contributed by atoms with E-state index >= 15 is 4.39 Å². The summed E-state index contributed by atoms with van der Waals surface area (Å²) in [5, 5.41) is 17.2. The second-order valence-corrected chi connectivity index (χ2v) is 13.3. The van der Waals surface area contributed by atoms with Gasteiger partial charge in [0.1, 0.15) is 5.82 Å². The third-order valence-electron chi connectivity index (χ3n) is 10.7. The number of fused-ring (bicyclic) bond motifs is 2. The molecule has 1 spiro atoms. The third kappa shape index (κ3) is 5.70. The lowest BCUT2D eigenvalue weighted by Gasteiger charge is -2.57. The summed E-state index contributed by atoms with van der Waals surface area (Å²) >= 11 is 0. The van der Waals surface area contributed by atoms with E-state index in [2.05, 4.69) is 52.1 Å². The largest absolute Gasteiger partial charge is 0.374 e. The molecular weight excluding hydrogens is 533 g/mol. The minimum Gasteiger partial charge on any atom is -0.374 e. The Morgan fingerprint density at radius 3 is 2.86 bits per heavy atom. The van der Waals surface area contributed by atoms with E-state index < -0.39 is 0 Å². The topological polar surface area (TPSA) is 87.1 Å². The number of carbonyl (C=O) groups excluding carboxylic acids is 1. The summed E-state index contributed by atoms with van der Waals surface area (Å²) in [6.45, 7) is 8.30. The van der Waals surface area contributed by atoms with Crippen LogP contribution in [0.2, 0.25) is 0 Å². The van der Waals surface area contributed by atoms with Gasteiger partial charge in [-0.15, -0.1) is 0 Å². The van der Waals surface area contributed by atoms with Gasteiger partial charge in [0, 0.05) is 62.5 Å². The number of nitrogens with one attached hydrogen (secondary N) is 2. The molecule has 2 N–H and O–H groups in total. The van der Waals surface area contributed by atoms with Crippen LogP contribution >= 0.6 is 0 Å². The van der Waals surface area contributed by atoms with E-state index in [4.69, 9.17) is 4.74 Å². The van der Waals surface area contributed by atoms with Gasteiger partial charge >= 0.3 is 0 Å². The number of nitriles is 1. The summed E-state index contributed by atoms with van der Waals surface area (Å²) in [6.07, 6.45) is 7.51. The molecule has 9 nitrogen and oxygen atoms in total. The van der Waals surface area contributed by atoms with Gasteiger partial charge in [0.2, 0.25) is 5.91 Å². The van der Waals surface area contributed by atoms with Gasteiger partial charge in [0.15, 0.2) is 6.35 Å². The molecule has 3 saturated heterocycles. The first-order valence-corrected chi connectivity index (χ1v) is 15.7. The van der Waals surface area contributed by atoms with E-state index in [1.54, 1.807) is 11.0 Å². The Hall–Kier alpha value is -2.55. The number of halogens is 1. The van der Waals surface area contributed by atoms with Crippen molar-refractivity contribution in [1.29, 1.82) is 5.26 Å². The van der Waals surface area contributed by atoms with Crippen molar-refractivity contribution in [2.75, 3.05) is 58.3 Å². The average molecular weight is 580 g/mol. The predicted molar refractivity (Wildman–Crippen MR) is 160 cm³/mol. The molecule has 4 heterocycles. The molecule has 1 aromatic rings. The van der Waals surface area contributed by atoms with E-state index in [0.717, 1.165) is 63.0 Å². The van der Waals surface area contributed by atoms with Crippen molar-refractivity contribution in [2.45, 2.75) is 75.6 Å². The number of carbonyl (C=O) groups is 1. The Labute approximate surface area is 249 Å². The van der Waals surface area contributed by atoms with Gasteiger partial charge < -0.3 is 19.4 Å². The molecule has 1 aliphatic carbocycles. The maximum Gasteiger partial charge on any atom is 0.246 e. The lowest BCUT2D eigenvalue weighted by molar-refractivity contribution is -0.137. The van der Waals surface area contributed by atoms with Crippen LogP contribution in [-0.4, -0.2) is 105 Å². The van der Waals surface area contributed by atoms with E-state index in [1.807, 2.05) is 12.1 Å². The van der Waals surface area contributed by atoms with Crippen LogP contribution in [0.15, 0.2) is 30.9 Å². The average Bonchev–Trinajstić information content (AvgIpc) is 3.40. The maximum atomic E-state index is 15.0. The van der Waals surface area contributed by atoms with Crippen molar-refractivity contribution in [1.82, 2.24) is 25.3 Å². The summed E-state index contributed by atoms with van der Waals surface area (Å²) in [5.74, 6) is 0.122. The van der Waals surface area contributed by atoms with E-state index in [0.29, 0.717) is 38.1 Å². The van der Waals surface area contributed by atoms with Crippen molar-refractivity contribution in [3.63, 3.8) is 0 Å². The molecular formula is C32H46FN7O2. The molecule has 228 valence electrons. The highest BCUT2D eigenvalue weighted by molar-refractivity contribution is 5.87. The third-order valence-corrected chi connectivity index (χ3v) is 10.7. The number of anilines is 1. The van der Waals surface area contributed by atoms with Crippen LogP contribution in [0.4, 0.5) is 10.1 Å². The number of hydrogen-bond acceptors (Lipinski definition) is 8. The number of ether oxygens (including phenoxy) is 1. The summed E-state index contributed by atoms with van der Waals surface area (Å²) in [7, 11) is 4.26. The predicted octanol–water partition coefficient (Wildman–Crippen LogP) is 2.50. The first-order chi connectivity index (χ1) is 20.3. The van der Waals surface area contributed by atoms with Gasteiger partial charge in [0.25, 0.3) is 0 Å². The molecule has 42 heavy (non-hydrogen) atoms. The van der Waals surface area contributed by atoms with Crippen molar-refractivity contribution in [2.24, 2.45) is 11.3 Å². The molecule has 1 aromatic carbocycles. The van der Waals surface area contributed by atoms with E-state index in [-0.39, 0.29) is 41.7 Å². The van der Waals surface area contributed by atoms with Crippen molar-refractivity contribution >= 4 is 11.6 Å². The lowest BCUT2D eigenvalue weighted by Crippen LogP contribution is -2.73. The van der Waals surface area contributed by atoms with Gasteiger partial charge in [-0.25, -0.2) is 4.39 Å². The van der Waals surface area contributed by atoms with Crippen LogP contribution in [-0.2, 0) is 16.0 Å². The highest BCUT2D eigenvalue weighted by Gasteiger charge is 2.51. The zero-order chi connectivity index (χ0) is 29.4. The van der Waals surface area contributed by atoms with Crippen molar-refractivity contribution in [3.8, 4) is 6.07 Å². The van der Waals surface area contributed by atoms with Gasteiger partial charge in [-0.05, 0) is 75.7 Å². The smallest absolute Gasteiger partial charge is 0.246 e. The number of nitrogens with zero attached hydrogens (tertiary/aromatic N) is 5. The highest BCUT2D eigenvalue weighted by atomic mass is 19.1.